The average Bonchev–Trinajstić information content (AvgIpc) is 3.50. The van der Waals surface area contributed by atoms with Crippen LogP contribution in [0.25, 0.3) is 22.5 Å². The highest BCUT2D eigenvalue weighted by molar-refractivity contribution is 5.80. The first-order valence-electron chi connectivity index (χ1n) is 11.1. The minimum absolute atomic E-state index is 0.179. The highest BCUT2D eigenvalue weighted by atomic mass is 16.4. The molecule has 0 bridgehead atoms. The molecule has 2 atom stereocenters. The van der Waals surface area contributed by atoms with Crippen molar-refractivity contribution in [2.75, 3.05) is 0 Å². The first-order valence-corrected chi connectivity index (χ1v) is 11.1. The van der Waals surface area contributed by atoms with Gasteiger partial charge in [0.2, 0.25) is 5.82 Å². The first kappa shape index (κ1) is 22.3. The maximum Gasteiger partial charge on any atom is 0.314 e. The molecule has 0 radical (unpaired) electrons. The normalized spacial score (nSPS) is 13.1. The highest BCUT2D eigenvalue weighted by Crippen LogP contribution is 2.30. The Morgan fingerprint density at radius 2 is 1.79 bits per heavy atom. The number of carboxylic acid groups (broad SMARTS) is 1. The maximum atomic E-state index is 11.6. The molecule has 0 aliphatic rings. The molecular formula is C24H27N7O2. The Morgan fingerprint density at radius 1 is 1.06 bits per heavy atom. The Morgan fingerprint density at radius 3 is 2.39 bits per heavy atom. The summed E-state index contributed by atoms with van der Waals surface area (Å²) in [6.07, 6.45) is 1.35. The van der Waals surface area contributed by atoms with Gasteiger partial charge in [0.15, 0.2) is 5.82 Å². The fourth-order valence-corrected chi connectivity index (χ4v) is 3.82. The predicted molar refractivity (Wildman–Crippen MR) is 124 cm³/mol. The van der Waals surface area contributed by atoms with E-state index in [1.165, 1.54) is 0 Å². The average molecular weight is 446 g/mol. The number of nitrogens with zero attached hydrogens (tertiary/aromatic N) is 6. The van der Waals surface area contributed by atoms with Gasteiger partial charge in [-0.2, -0.15) is 10.3 Å². The second-order valence-corrected chi connectivity index (χ2v) is 8.07. The van der Waals surface area contributed by atoms with Crippen molar-refractivity contribution in [2.24, 2.45) is 0 Å². The van der Waals surface area contributed by atoms with E-state index in [1.54, 1.807) is 0 Å². The molecule has 2 heterocycles. The van der Waals surface area contributed by atoms with Crippen LogP contribution in [0.1, 0.15) is 62.7 Å². The topological polar surface area (TPSA) is 122 Å². The molecule has 0 amide bonds. The molecule has 9 heteroatoms. The van der Waals surface area contributed by atoms with Crippen LogP contribution in [-0.4, -0.2) is 46.5 Å². The van der Waals surface area contributed by atoms with Gasteiger partial charge in [0.25, 0.3) is 0 Å². The van der Waals surface area contributed by atoms with Gasteiger partial charge in [-0.1, -0.05) is 69.3 Å². The molecule has 2 unspecified atom stereocenters. The van der Waals surface area contributed by atoms with Gasteiger partial charge < -0.3 is 5.11 Å². The fourth-order valence-electron chi connectivity index (χ4n) is 3.82. The van der Waals surface area contributed by atoms with Crippen molar-refractivity contribution >= 4 is 5.97 Å². The lowest BCUT2D eigenvalue weighted by molar-refractivity contribution is -0.139. The molecule has 0 saturated carbocycles. The van der Waals surface area contributed by atoms with Crippen LogP contribution in [0.5, 0.6) is 0 Å². The van der Waals surface area contributed by atoms with Crippen LogP contribution in [0.3, 0.4) is 0 Å². The Kier molecular flexibility index (Phi) is 6.58. The van der Waals surface area contributed by atoms with Gasteiger partial charge in [0.1, 0.15) is 11.7 Å². The molecule has 0 spiro atoms. The van der Waals surface area contributed by atoms with Crippen molar-refractivity contribution in [3.8, 4) is 22.5 Å². The number of rotatable bonds is 9. The van der Waals surface area contributed by atoms with Gasteiger partial charge in [0, 0.05) is 11.5 Å². The van der Waals surface area contributed by atoms with E-state index in [4.69, 9.17) is 0 Å². The van der Waals surface area contributed by atoms with Gasteiger partial charge in [-0.25, -0.2) is 9.67 Å². The Balaban J connectivity index is 1.63. The number of benzene rings is 2. The summed E-state index contributed by atoms with van der Waals surface area (Å²) < 4.78 is 1.84. The minimum Gasteiger partial charge on any atom is -0.481 e. The van der Waals surface area contributed by atoms with Crippen molar-refractivity contribution < 1.29 is 9.90 Å². The molecular weight excluding hydrogens is 418 g/mol. The summed E-state index contributed by atoms with van der Waals surface area (Å²) in [4.78, 5) is 16.3. The molecule has 0 aliphatic carbocycles. The van der Waals surface area contributed by atoms with Crippen LogP contribution >= 0.6 is 0 Å². The molecule has 9 nitrogen and oxygen atoms in total. The second kappa shape index (κ2) is 9.72. The molecule has 2 aromatic carbocycles. The second-order valence-electron chi connectivity index (χ2n) is 8.07. The quantitative estimate of drug-likeness (QED) is 0.394. The van der Waals surface area contributed by atoms with E-state index >= 15 is 0 Å². The van der Waals surface area contributed by atoms with Crippen LogP contribution < -0.4 is 0 Å². The summed E-state index contributed by atoms with van der Waals surface area (Å²) in [5.74, 6) is 0.336. The Bertz CT molecular complexity index is 1220. The van der Waals surface area contributed by atoms with Gasteiger partial charge in [-0.3, -0.25) is 4.79 Å². The highest BCUT2D eigenvalue weighted by Gasteiger charge is 2.25. The molecule has 0 aliphatic heterocycles. The number of nitrogens with one attached hydrogen (secondary N) is 1. The van der Waals surface area contributed by atoms with Crippen molar-refractivity contribution in [1.82, 2.24) is 35.4 Å². The third-order valence-corrected chi connectivity index (χ3v) is 5.90. The van der Waals surface area contributed by atoms with Crippen LogP contribution in [0, 0.1) is 0 Å². The van der Waals surface area contributed by atoms with Gasteiger partial charge in [0.05, 0.1) is 6.54 Å². The van der Waals surface area contributed by atoms with Gasteiger partial charge >= 0.3 is 5.97 Å². The number of aliphatic carboxylic acids is 1. The number of hydrogen-bond donors (Lipinski definition) is 2. The summed E-state index contributed by atoms with van der Waals surface area (Å²) in [7, 11) is 0. The van der Waals surface area contributed by atoms with E-state index in [1.807, 2.05) is 35.9 Å². The Hall–Kier alpha value is -3.88. The maximum absolute atomic E-state index is 11.6. The lowest BCUT2D eigenvalue weighted by Gasteiger charge is -2.11. The van der Waals surface area contributed by atoms with Crippen molar-refractivity contribution in [3.63, 3.8) is 0 Å². The third kappa shape index (κ3) is 4.67. The fraction of sp³-hybridized carbons (Fsp3) is 0.333. The van der Waals surface area contributed by atoms with Crippen molar-refractivity contribution in [1.29, 1.82) is 0 Å². The first-order chi connectivity index (χ1) is 16.0. The molecule has 2 N–H and O–H groups in total. The zero-order valence-electron chi connectivity index (χ0n) is 18.9. The number of H-pyrrole nitrogens is 1. The number of tetrazole rings is 1. The third-order valence-electron chi connectivity index (χ3n) is 5.90. The summed E-state index contributed by atoms with van der Waals surface area (Å²) >= 11 is 0. The molecule has 170 valence electrons. The van der Waals surface area contributed by atoms with E-state index in [0.717, 1.165) is 34.5 Å². The monoisotopic (exact) mass is 445 g/mol. The summed E-state index contributed by atoms with van der Waals surface area (Å²) in [5.41, 5.74) is 4.01. The standard InChI is InChI=1S/C24H27N7O2/c1-4-15(3)23-25-21(18(5-2)24(32)33)28-31(23)14-16-10-12-17(13-11-16)19-8-6-7-9-20(19)22-26-29-30-27-22/h6-13,15,18H,4-5,14H2,1-3H3,(H,32,33)(H,26,27,29,30). The lowest BCUT2D eigenvalue weighted by Crippen LogP contribution is -2.13. The zero-order chi connectivity index (χ0) is 23.4. The van der Waals surface area contributed by atoms with E-state index < -0.39 is 11.9 Å². The van der Waals surface area contributed by atoms with Crippen molar-refractivity contribution in [3.05, 3.63) is 65.7 Å². The summed E-state index contributed by atoms with van der Waals surface area (Å²) in [6.45, 7) is 6.54. The van der Waals surface area contributed by atoms with Crippen LogP contribution in [-0.2, 0) is 11.3 Å². The minimum atomic E-state index is -0.894. The molecule has 4 rings (SSSR count). The summed E-state index contributed by atoms with van der Waals surface area (Å²) in [5, 5.41) is 28.5. The van der Waals surface area contributed by atoms with E-state index in [0.29, 0.717) is 24.6 Å². The number of aromatic nitrogens is 7. The van der Waals surface area contributed by atoms with E-state index in [2.05, 4.69) is 68.8 Å². The molecule has 0 saturated heterocycles. The van der Waals surface area contributed by atoms with E-state index in [9.17, 15) is 9.90 Å². The van der Waals surface area contributed by atoms with Gasteiger partial charge in [-0.05, 0) is 34.7 Å². The van der Waals surface area contributed by atoms with Crippen LogP contribution in [0.2, 0.25) is 0 Å². The molecule has 0 fully saturated rings. The van der Waals surface area contributed by atoms with Crippen molar-refractivity contribution in [2.45, 2.75) is 52.0 Å². The number of hydrogen-bond acceptors (Lipinski definition) is 6. The SMILES string of the molecule is CCC(C)c1nc(C(CC)C(=O)O)nn1Cc1ccc(-c2ccccc2-c2nn[nH]n2)cc1. The van der Waals surface area contributed by atoms with Crippen LogP contribution in [0.4, 0.5) is 0 Å². The lowest BCUT2D eigenvalue weighted by atomic mass is 9.98. The number of carboxylic acids is 1. The summed E-state index contributed by atoms with van der Waals surface area (Å²) in [6, 6.07) is 16.1. The zero-order valence-corrected chi connectivity index (χ0v) is 18.9. The molecule has 4 aromatic rings. The molecule has 33 heavy (non-hydrogen) atoms. The Labute approximate surface area is 191 Å². The smallest absolute Gasteiger partial charge is 0.314 e. The van der Waals surface area contributed by atoms with E-state index in [-0.39, 0.29) is 5.92 Å². The predicted octanol–water partition coefficient (Wildman–Crippen LogP) is 4.27. The van der Waals surface area contributed by atoms with Crippen LogP contribution in [0.15, 0.2) is 48.5 Å². The molecule has 2 aromatic heterocycles. The largest absolute Gasteiger partial charge is 0.481 e. The number of carbonyl (C=O) groups is 1. The number of aromatic amines is 1. The van der Waals surface area contributed by atoms with Gasteiger partial charge in [-0.15, -0.1) is 10.2 Å².